The fourth-order valence-electron chi connectivity index (χ4n) is 3.28. The number of aliphatic hydroxyl groups is 2. The van der Waals surface area contributed by atoms with Crippen molar-refractivity contribution in [3.8, 4) is 17.4 Å². The minimum absolute atomic E-state index is 0.0948. The summed E-state index contributed by atoms with van der Waals surface area (Å²) < 4.78 is 7.31. The number of amides is 1. The summed E-state index contributed by atoms with van der Waals surface area (Å²) >= 11 is 0. The summed E-state index contributed by atoms with van der Waals surface area (Å²) in [4.78, 5) is 20.9. The predicted octanol–water partition coefficient (Wildman–Crippen LogP) is 2.90. The van der Waals surface area contributed by atoms with Gasteiger partial charge in [-0.3, -0.25) is 9.78 Å². The van der Waals surface area contributed by atoms with Crippen molar-refractivity contribution in [1.29, 1.82) is 0 Å². The van der Waals surface area contributed by atoms with Crippen molar-refractivity contribution in [3.63, 3.8) is 0 Å². The number of ether oxygens (including phenoxy) is 1. The topological polar surface area (TPSA) is 130 Å². The molecule has 0 bridgehead atoms. The van der Waals surface area contributed by atoms with Gasteiger partial charge in [-0.15, -0.1) is 0 Å². The molecule has 1 aromatic carbocycles. The SMILES string of the molecule is CC(C)C[C@@H](C(=O)Nc1cnccn1)n1cc(Oc2ccc(C[C@H](O)CO)cc2)cc1O. The molecule has 1 amide bonds. The summed E-state index contributed by atoms with van der Waals surface area (Å²) in [6.07, 6.45) is 6.08. The van der Waals surface area contributed by atoms with Crippen LogP contribution in [0.25, 0.3) is 0 Å². The van der Waals surface area contributed by atoms with Crippen molar-refractivity contribution in [3.05, 3.63) is 60.7 Å². The van der Waals surface area contributed by atoms with Crippen molar-refractivity contribution in [2.75, 3.05) is 11.9 Å². The van der Waals surface area contributed by atoms with Crippen LogP contribution in [0.1, 0.15) is 31.9 Å². The van der Waals surface area contributed by atoms with Gasteiger partial charge in [0.15, 0.2) is 11.7 Å². The maximum atomic E-state index is 12.9. The quantitative estimate of drug-likeness (QED) is 0.381. The number of hydrogen-bond acceptors (Lipinski definition) is 7. The van der Waals surface area contributed by atoms with E-state index in [4.69, 9.17) is 9.84 Å². The van der Waals surface area contributed by atoms with Crippen molar-refractivity contribution in [2.24, 2.45) is 5.92 Å². The lowest BCUT2D eigenvalue weighted by Gasteiger charge is -2.20. The highest BCUT2D eigenvalue weighted by atomic mass is 16.5. The van der Waals surface area contributed by atoms with Gasteiger partial charge in [0.25, 0.3) is 0 Å². The second-order valence-corrected chi connectivity index (χ2v) is 7.95. The molecular formula is C23H28N4O5. The molecule has 0 spiro atoms. The van der Waals surface area contributed by atoms with E-state index in [1.807, 2.05) is 13.8 Å². The largest absolute Gasteiger partial charge is 0.494 e. The first-order chi connectivity index (χ1) is 15.4. The first-order valence-electron chi connectivity index (χ1n) is 10.4. The second kappa shape index (κ2) is 10.7. The summed E-state index contributed by atoms with van der Waals surface area (Å²) in [6, 6.07) is 7.84. The Morgan fingerprint density at radius 1 is 1.19 bits per heavy atom. The number of hydrogen-bond donors (Lipinski definition) is 4. The van der Waals surface area contributed by atoms with Crippen LogP contribution in [0.15, 0.2) is 55.1 Å². The van der Waals surface area contributed by atoms with Crippen LogP contribution < -0.4 is 10.1 Å². The molecule has 4 N–H and O–H groups in total. The van der Waals surface area contributed by atoms with Crippen LogP contribution in [0, 0.1) is 5.92 Å². The van der Waals surface area contributed by atoms with E-state index in [0.717, 1.165) is 5.56 Å². The molecule has 0 fully saturated rings. The van der Waals surface area contributed by atoms with Gasteiger partial charge in [-0.2, -0.15) is 0 Å². The molecule has 0 saturated heterocycles. The molecule has 32 heavy (non-hydrogen) atoms. The van der Waals surface area contributed by atoms with Gasteiger partial charge in [0.1, 0.15) is 17.5 Å². The Labute approximate surface area is 186 Å². The number of nitrogens with one attached hydrogen (secondary N) is 1. The average Bonchev–Trinajstić information content (AvgIpc) is 3.13. The van der Waals surface area contributed by atoms with E-state index in [2.05, 4.69) is 15.3 Å². The van der Waals surface area contributed by atoms with Gasteiger partial charge in [0.05, 0.1) is 25.1 Å². The lowest BCUT2D eigenvalue weighted by Crippen LogP contribution is -2.27. The Kier molecular flexibility index (Phi) is 7.80. The standard InChI is InChI=1S/C23H28N4O5/c1-15(2)9-20(23(31)26-21-12-24-7-8-25-21)27-13-19(11-22(27)30)32-18-5-3-16(4-6-18)10-17(29)14-28/h3-8,11-13,15,17,20,28-30H,9-10,14H2,1-2H3,(H,25,26,31)/t17-,20-/m0/s1. The van der Waals surface area contributed by atoms with Crippen molar-refractivity contribution in [1.82, 2.24) is 14.5 Å². The van der Waals surface area contributed by atoms with E-state index in [1.165, 1.54) is 29.2 Å². The molecule has 3 aromatic rings. The van der Waals surface area contributed by atoms with E-state index in [9.17, 15) is 15.0 Å². The minimum atomic E-state index is -0.807. The van der Waals surface area contributed by atoms with E-state index in [0.29, 0.717) is 30.2 Å². The third kappa shape index (κ3) is 6.29. The minimum Gasteiger partial charge on any atom is -0.494 e. The van der Waals surface area contributed by atoms with Crippen LogP contribution in [0.5, 0.6) is 17.4 Å². The normalized spacial score (nSPS) is 13.0. The highest BCUT2D eigenvalue weighted by Crippen LogP contribution is 2.32. The van der Waals surface area contributed by atoms with Gasteiger partial charge < -0.3 is 29.9 Å². The molecule has 0 radical (unpaired) electrons. The molecule has 9 heteroatoms. The molecule has 0 unspecified atom stereocenters. The third-order valence-corrected chi connectivity index (χ3v) is 4.79. The number of benzene rings is 1. The average molecular weight is 441 g/mol. The van der Waals surface area contributed by atoms with Crippen molar-refractivity contribution >= 4 is 11.7 Å². The van der Waals surface area contributed by atoms with Crippen molar-refractivity contribution in [2.45, 2.75) is 38.8 Å². The van der Waals surface area contributed by atoms with Crippen molar-refractivity contribution < 1.29 is 24.9 Å². The molecule has 9 nitrogen and oxygen atoms in total. The molecule has 2 atom stereocenters. The Morgan fingerprint density at radius 3 is 2.56 bits per heavy atom. The maximum Gasteiger partial charge on any atom is 0.248 e. The molecule has 0 aliphatic carbocycles. The molecular weight excluding hydrogens is 412 g/mol. The predicted molar refractivity (Wildman–Crippen MR) is 119 cm³/mol. The second-order valence-electron chi connectivity index (χ2n) is 7.95. The number of rotatable bonds is 10. The van der Waals surface area contributed by atoms with Gasteiger partial charge in [0, 0.05) is 24.9 Å². The highest BCUT2D eigenvalue weighted by Gasteiger charge is 2.25. The van der Waals surface area contributed by atoms with Gasteiger partial charge in [0.2, 0.25) is 5.91 Å². The third-order valence-electron chi connectivity index (χ3n) is 4.79. The summed E-state index contributed by atoms with van der Waals surface area (Å²) in [5.41, 5.74) is 0.858. The fourth-order valence-corrected chi connectivity index (χ4v) is 3.28. The van der Waals surface area contributed by atoms with E-state index in [1.54, 1.807) is 30.5 Å². The Bertz CT molecular complexity index is 1000. The number of carbonyl (C=O) groups is 1. The van der Waals surface area contributed by atoms with Crippen LogP contribution in [0.3, 0.4) is 0 Å². The van der Waals surface area contributed by atoms with Gasteiger partial charge in [-0.1, -0.05) is 26.0 Å². The molecule has 3 rings (SSSR count). The smallest absolute Gasteiger partial charge is 0.248 e. The summed E-state index contributed by atoms with van der Waals surface area (Å²) in [5, 5.41) is 31.7. The number of anilines is 1. The fraction of sp³-hybridized carbons (Fsp3) is 0.348. The Balaban J connectivity index is 1.75. The molecule has 0 aliphatic rings. The van der Waals surface area contributed by atoms with Crippen LogP contribution in [0.2, 0.25) is 0 Å². The number of aromatic nitrogens is 3. The lowest BCUT2D eigenvalue weighted by molar-refractivity contribution is -0.119. The summed E-state index contributed by atoms with van der Waals surface area (Å²) in [6.45, 7) is 3.69. The molecule has 170 valence electrons. The zero-order valence-corrected chi connectivity index (χ0v) is 18.0. The lowest BCUT2D eigenvalue weighted by atomic mass is 10.0. The van der Waals surface area contributed by atoms with Gasteiger partial charge in [-0.25, -0.2) is 4.98 Å². The highest BCUT2D eigenvalue weighted by molar-refractivity contribution is 5.93. The maximum absolute atomic E-state index is 12.9. The molecule has 0 saturated carbocycles. The van der Waals surface area contributed by atoms with E-state index >= 15 is 0 Å². The number of aromatic hydroxyl groups is 1. The zero-order valence-electron chi connectivity index (χ0n) is 18.0. The van der Waals surface area contributed by atoms with Gasteiger partial charge >= 0.3 is 0 Å². The monoisotopic (exact) mass is 440 g/mol. The molecule has 2 heterocycles. The number of nitrogens with zero attached hydrogens (tertiary/aromatic N) is 3. The Hall–Kier alpha value is -3.43. The molecule has 2 aromatic heterocycles. The summed E-state index contributed by atoms with van der Waals surface area (Å²) in [5.74, 6) is 1.04. The zero-order chi connectivity index (χ0) is 23.1. The van der Waals surface area contributed by atoms with Crippen LogP contribution in [-0.4, -0.2) is 48.5 Å². The van der Waals surface area contributed by atoms with Gasteiger partial charge in [-0.05, 0) is 30.0 Å². The van der Waals surface area contributed by atoms with Crippen LogP contribution >= 0.6 is 0 Å². The van der Waals surface area contributed by atoms with E-state index in [-0.39, 0.29) is 24.3 Å². The number of carbonyl (C=O) groups excluding carboxylic acids is 1. The van der Waals surface area contributed by atoms with Crippen LogP contribution in [-0.2, 0) is 11.2 Å². The Morgan fingerprint density at radius 2 is 1.94 bits per heavy atom. The van der Waals surface area contributed by atoms with Crippen LogP contribution in [0.4, 0.5) is 5.82 Å². The molecule has 0 aliphatic heterocycles. The first-order valence-corrected chi connectivity index (χ1v) is 10.4. The van der Waals surface area contributed by atoms with E-state index < -0.39 is 12.1 Å². The summed E-state index contributed by atoms with van der Waals surface area (Å²) in [7, 11) is 0. The first kappa shape index (κ1) is 23.2. The number of aliphatic hydroxyl groups excluding tert-OH is 2.